The molecule has 0 radical (unpaired) electrons. The summed E-state index contributed by atoms with van der Waals surface area (Å²) in [5.41, 5.74) is 5.93. The van der Waals surface area contributed by atoms with Crippen molar-refractivity contribution in [1.82, 2.24) is 5.48 Å². The van der Waals surface area contributed by atoms with Gasteiger partial charge in [-0.2, -0.15) is 17.2 Å². The molecule has 1 aromatic carbocycles. The summed E-state index contributed by atoms with van der Waals surface area (Å²) in [5, 5.41) is 0. The summed E-state index contributed by atoms with van der Waals surface area (Å²) in [6.07, 6.45) is 0. The van der Waals surface area contributed by atoms with Gasteiger partial charge in [0.25, 0.3) is 0 Å². The van der Waals surface area contributed by atoms with Gasteiger partial charge in [0.15, 0.2) is 0 Å². The third-order valence-corrected chi connectivity index (χ3v) is 3.43. The highest BCUT2D eigenvalue weighted by molar-refractivity contribution is 7.98. The van der Waals surface area contributed by atoms with Crippen LogP contribution in [-0.2, 0) is 10.6 Å². The summed E-state index contributed by atoms with van der Waals surface area (Å²) >= 11 is 1.95. The molecule has 1 N–H and O–H groups in total. The van der Waals surface area contributed by atoms with Crippen LogP contribution in [0.1, 0.15) is 24.1 Å². The molecule has 0 saturated carbocycles. The van der Waals surface area contributed by atoms with E-state index in [0.717, 1.165) is 11.5 Å². The van der Waals surface area contributed by atoms with Crippen LogP contribution in [0.2, 0.25) is 0 Å². The van der Waals surface area contributed by atoms with Crippen molar-refractivity contribution < 1.29 is 4.84 Å². The maximum Gasteiger partial charge on any atom is 0.0664 e. The van der Waals surface area contributed by atoms with E-state index in [1.807, 2.05) is 18.7 Å². The minimum Gasteiger partial charge on any atom is -0.301 e. The van der Waals surface area contributed by atoms with Crippen molar-refractivity contribution in [1.29, 1.82) is 0 Å². The van der Waals surface area contributed by atoms with Crippen LogP contribution < -0.4 is 5.48 Å². The lowest BCUT2D eigenvalue weighted by atomic mass is 10.0. The highest BCUT2D eigenvalue weighted by Crippen LogP contribution is 2.31. The molecule has 2 rings (SSSR count). The number of benzene rings is 1. The highest BCUT2D eigenvalue weighted by atomic mass is 32.2. The first-order chi connectivity index (χ1) is 6.92. The maximum absolute atomic E-state index is 5.27. The zero-order valence-electron chi connectivity index (χ0n) is 8.32. The van der Waals surface area contributed by atoms with Crippen LogP contribution in [0.3, 0.4) is 0 Å². The van der Waals surface area contributed by atoms with Gasteiger partial charge in [-0.05, 0) is 18.1 Å². The molecule has 0 bridgehead atoms. The molecule has 14 heavy (non-hydrogen) atoms. The van der Waals surface area contributed by atoms with Crippen LogP contribution in [0.25, 0.3) is 0 Å². The minimum atomic E-state index is 0.352. The lowest BCUT2D eigenvalue weighted by Gasteiger charge is -2.25. The molecule has 2 nitrogen and oxygen atoms in total. The van der Waals surface area contributed by atoms with Gasteiger partial charge < -0.3 is 4.84 Å². The summed E-state index contributed by atoms with van der Waals surface area (Å²) < 4.78 is 0. The number of rotatable bonds is 3. The Hall–Kier alpha value is -0.510. The van der Waals surface area contributed by atoms with E-state index < -0.39 is 0 Å². The Kier molecular flexibility index (Phi) is 3.45. The predicted molar refractivity (Wildman–Crippen MR) is 60.1 cm³/mol. The lowest BCUT2D eigenvalue weighted by molar-refractivity contribution is 0.0292. The van der Waals surface area contributed by atoms with Gasteiger partial charge >= 0.3 is 0 Å². The summed E-state index contributed by atoms with van der Waals surface area (Å²) in [6.45, 7) is 2.71. The molecular formula is C11H15NOS. The van der Waals surface area contributed by atoms with Gasteiger partial charge in [-0.3, -0.25) is 0 Å². The van der Waals surface area contributed by atoms with Crippen LogP contribution in [0.5, 0.6) is 0 Å². The predicted octanol–water partition coefficient (Wildman–Crippen LogP) is 2.52. The van der Waals surface area contributed by atoms with Crippen molar-refractivity contribution >= 4 is 11.8 Å². The zero-order chi connectivity index (χ0) is 9.80. The Morgan fingerprint density at radius 1 is 1.50 bits per heavy atom. The van der Waals surface area contributed by atoms with E-state index in [9.17, 15) is 0 Å². The van der Waals surface area contributed by atoms with Gasteiger partial charge in [0.1, 0.15) is 0 Å². The minimum absolute atomic E-state index is 0.352. The average molecular weight is 209 g/mol. The van der Waals surface area contributed by atoms with Crippen molar-refractivity contribution in [3.63, 3.8) is 0 Å². The van der Waals surface area contributed by atoms with Crippen molar-refractivity contribution in [2.45, 2.75) is 18.7 Å². The molecule has 1 atom stereocenters. The molecule has 0 amide bonds. The fraction of sp³-hybridized carbons (Fsp3) is 0.455. The molecule has 1 aliphatic rings. The van der Waals surface area contributed by atoms with Crippen molar-refractivity contribution in [3.8, 4) is 0 Å². The van der Waals surface area contributed by atoms with Crippen molar-refractivity contribution in [2.24, 2.45) is 0 Å². The molecule has 1 aliphatic heterocycles. The van der Waals surface area contributed by atoms with Crippen LogP contribution in [0.4, 0.5) is 0 Å². The Morgan fingerprint density at radius 3 is 3.21 bits per heavy atom. The molecule has 1 unspecified atom stereocenters. The SMILES string of the molecule is CCONC1CSCc2ccccc21. The van der Waals surface area contributed by atoms with E-state index in [2.05, 4.69) is 29.7 Å². The molecule has 1 aromatic rings. The van der Waals surface area contributed by atoms with Crippen molar-refractivity contribution in [3.05, 3.63) is 35.4 Å². The van der Waals surface area contributed by atoms with E-state index in [4.69, 9.17) is 4.84 Å². The molecule has 0 aliphatic carbocycles. The van der Waals surface area contributed by atoms with E-state index in [-0.39, 0.29) is 0 Å². The quantitative estimate of drug-likeness (QED) is 0.773. The standard InChI is InChI=1S/C11H15NOS/c1-2-13-12-11-8-14-7-9-5-3-4-6-10(9)11/h3-6,11-12H,2,7-8H2,1H3. The molecular weight excluding hydrogens is 194 g/mol. The molecule has 3 heteroatoms. The van der Waals surface area contributed by atoms with Gasteiger partial charge in [-0.15, -0.1) is 0 Å². The second kappa shape index (κ2) is 4.82. The van der Waals surface area contributed by atoms with Crippen LogP contribution in [0.15, 0.2) is 24.3 Å². The zero-order valence-corrected chi connectivity index (χ0v) is 9.14. The first-order valence-corrected chi connectivity index (χ1v) is 6.10. The summed E-state index contributed by atoms with van der Waals surface area (Å²) in [5.74, 6) is 2.22. The van der Waals surface area contributed by atoms with Gasteiger partial charge in [-0.1, -0.05) is 24.3 Å². The number of thioether (sulfide) groups is 1. The van der Waals surface area contributed by atoms with Gasteiger partial charge in [0.05, 0.1) is 12.6 Å². The van der Waals surface area contributed by atoms with E-state index >= 15 is 0 Å². The highest BCUT2D eigenvalue weighted by Gasteiger charge is 2.19. The third kappa shape index (κ3) is 2.11. The molecule has 76 valence electrons. The van der Waals surface area contributed by atoms with E-state index in [1.54, 1.807) is 0 Å². The summed E-state index contributed by atoms with van der Waals surface area (Å²) in [4.78, 5) is 5.27. The number of fused-ring (bicyclic) bond motifs is 1. The second-order valence-corrected chi connectivity index (χ2v) is 4.35. The number of hydrogen-bond acceptors (Lipinski definition) is 3. The number of nitrogens with one attached hydrogen (secondary N) is 1. The van der Waals surface area contributed by atoms with Crippen LogP contribution in [-0.4, -0.2) is 12.4 Å². The van der Waals surface area contributed by atoms with E-state index in [1.165, 1.54) is 11.1 Å². The Labute approximate surface area is 89.0 Å². The molecule has 0 saturated heterocycles. The lowest BCUT2D eigenvalue weighted by Crippen LogP contribution is -2.26. The fourth-order valence-electron chi connectivity index (χ4n) is 1.66. The Bertz CT molecular complexity index is 303. The fourth-order valence-corrected chi connectivity index (χ4v) is 2.75. The monoisotopic (exact) mass is 209 g/mol. The summed E-state index contributed by atoms with van der Waals surface area (Å²) in [7, 11) is 0. The second-order valence-electron chi connectivity index (χ2n) is 3.32. The smallest absolute Gasteiger partial charge is 0.0664 e. The largest absolute Gasteiger partial charge is 0.301 e. The normalized spacial score (nSPS) is 20.5. The Balaban J connectivity index is 2.14. The molecule has 0 aromatic heterocycles. The average Bonchev–Trinajstić information content (AvgIpc) is 2.26. The van der Waals surface area contributed by atoms with Gasteiger partial charge in [0.2, 0.25) is 0 Å². The van der Waals surface area contributed by atoms with Crippen LogP contribution in [0, 0.1) is 0 Å². The summed E-state index contributed by atoms with van der Waals surface area (Å²) in [6, 6.07) is 8.93. The van der Waals surface area contributed by atoms with Gasteiger partial charge in [-0.25, -0.2) is 0 Å². The third-order valence-electron chi connectivity index (χ3n) is 2.34. The topological polar surface area (TPSA) is 21.3 Å². The maximum atomic E-state index is 5.27. The molecule has 0 fully saturated rings. The van der Waals surface area contributed by atoms with Crippen molar-refractivity contribution in [2.75, 3.05) is 12.4 Å². The molecule has 1 heterocycles. The van der Waals surface area contributed by atoms with E-state index in [0.29, 0.717) is 12.6 Å². The Morgan fingerprint density at radius 2 is 2.36 bits per heavy atom. The first kappa shape index (κ1) is 10.0. The number of hydrogen-bond donors (Lipinski definition) is 1. The molecule has 0 spiro atoms. The van der Waals surface area contributed by atoms with Gasteiger partial charge in [0, 0.05) is 11.5 Å². The number of hydroxylamine groups is 1. The van der Waals surface area contributed by atoms with Crippen LogP contribution >= 0.6 is 11.8 Å². The first-order valence-electron chi connectivity index (χ1n) is 4.94.